The van der Waals surface area contributed by atoms with Crippen molar-refractivity contribution in [3.63, 3.8) is 0 Å². The molecule has 1 fully saturated rings. The molecule has 1 saturated heterocycles. The van der Waals surface area contributed by atoms with Crippen LogP contribution in [0.3, 0.4) is 0 Å². The van der Waals surface area contributed by atoms with Gasteiger partial charge in [0.2, 0.25) is 0 Å². The van der Waals surface area contributed by atoms with Crippen molar-refractivity contribution in [3.05, 3.63) is 59.9 Å². The summed E-state index contributed by atoms with van der Waals surface area (Å²) in [5.41, 5.74) is 9.48. The zero-order valence-electron chi connectivity index (χ0n) is 11.0. The Hall–Kier alpha value is -1.87. The highest BCUT2D eigenvalue weighted by Gasteiger charge is 2.25. The first kappa shape index (κ1) is 12.2. The number of nitrogens with zero attached hydrogens (tertiary/aromatic N) is 2. The van der Waals surface area contributed by atoms with Crippen LogP contribution < -0.4 is 10.6 Å². The Balaban J connectivity index is 1.86. The quantitative estimate of drug-likeness (QED) is 0.914. The van der Waals surface area contributed by atoms with Gasteiger partial charge in [-0.3, -0.25) is 4.98 Å². The van der Waals surface area contributed by atoms with Crippen molar-refractivity contribution in [2.45, 2.75) is 25.4 Å². The molecule has 1 aromatic heterocycles. The molecule has 1 aliphatic heterocycles. The largest absolute Gasteiger partial charge is 0.364 e. The first-order valence-electron chi connectivity index (χ1n) is 6.84. The number of pyridine rings is 1. The Morgan fingerprint density at radius 2 is 1.84 bits per heavy atom. The summed E-state index contributed by atoms with van der Waals surface area (Å²) in [6.45, 7) is 1.73. The van der Waals surface area contributed by atoms with Crippen molar-refractivity contribution in [2.24, 2.45) is 5.73 Å². The van der Waals surface area contributed by atoms with Crippen molar-refractivity contribution in [1.29, 1.82) is 0 Å². The fourth-order valence-electron chi connectivity index (χ4n) is 2.83. The van der Waals surface area contributed by atoms with E-state index in [1.807, 2.05) is 12.4 Å². The molecule has 3 nitrogen and oxygen atoms in total. The third-order valence-electron chi connectivity index (χ3n) is 3.85. The standard InChI is InChI=1S/C16H19N3/c17-12-13-3-5-15(6-4-13)19-11-1-2-16(19)14-7-9-18-10-8-14/h3-10,16H,1-2,11-12,17H2. The maximum atomic E-state index is 5.65. The molecular formula is C16H19N3. The lowest BCUT2D eigenvalue weighted by molar-refractivity contribution is 0.718. The average Bonchev–Trinajstić information content (AvgIpc) is 2.98. The van der Waals surface area contributed by atoms with Gasteiger partial charge in [-0.2, -0.15) is 0 Å². The monoisotopic (exact) mass is 253 g/mol. The number of aromatic nitrogens is 1. The van der Waals surface area contributed by atoms with E-state index in [0.29, 0.717) is 12.6 Å². The fourth-order valence-corrected chi connectivity index (χ4v) is 2.83. The zero-order valence-corrected chi connectivity index (χ0v) is 11.0. The number of hydrogen-bond acceptors (Lipinski definition) is 3. The Morgan fingerprint density at radius 1 is 1.11 bits per heavy atom. The van der Waals surface area contributed by atoms with Crippen molar-refractivity contribution < 1.29 is 0 Å². The summed E-state index contributed by atoms with van der Waals surface area (Å²) in [5.74, 6) is 0. The highest BCUT2D eigenvalue weighted by molar-refractivity contribution is 5.51. The summed E-state index contributed by atoms with van der Waals surface area (Å²) >= 11 is 0. The Kier molecular flexibility index (Phi) is 3.47. The summed E-state index contributed by atoms with van der Waals surface area (Å²) in [7, 11) is 0. The number of rotatable bonds is 3. The lowest BCUT2D eigenvalue weighted by atomic mass is 10.1. The van der Waals surface area contributed by atoms with E-state index in [1.165, 1.54) is 29.7 Å². The van der Waals surface area contributed by atoms with Gasteiger partial charge >= 0.3 is 0 Å². The van der Waals surface area contributed by atoms with Gasteiger partial charge in [-0.25, -0.2) is 0 Å². The van der Waals surface area contributed by atoms with Crippen LogP contribution in [0.5, 0.6) is 0 Å². The molecule has 2 heterocycles. The predicted octanol–water partition coefficient (Wildman–Crippen LogP) is 2.88. The average molecular weight is 253 g/mol. The van der Waals surface area contributed by atoms with Gasteiger partial charge in [0.05, 0.1) is 6.04 Å². The number of anilines is 1. The van der Waals surface area contributed by atoms with E-state index >= 15 is 0 Å². The maximum Gasteiger partial charge on any atom is 0.0544 e. The maximum absolute atomic E-state index is 5.65. The molecule has 0 radical (unpaired) electrons. The summed E-state index contributed by atoms with van der Waals surface area (Å²) in [5, 5.41) is 0. The molecule has 1 unspecified atom stereocenters. The molecular weight excluding hydrogens is 234 g/mol. The minimum Gasteiger partial charge on any atom is -0.364 e. The molecule has 1 aromatic carbocycles. The summed E-state index contributed by atoms with van der Waals surface area (Å²) in [4.78, 5) is 6.59. The third-order valence-corrected chi connectivity index (χ3v) is 3.85. The zero-order chi connectivity index (χ0) is 13.1. The van der Waals surface area contributed by atoms with Gasteiger partial charge in [0.15, 0.2) is 0 Å². The van der Waals surface area contributed by atoms with Crippen LogP contribution in [0.25, 0.3) is 0 Å². The van der Waals surface area contributed by atoms with Crippen LogP contribution in [-0.4, -0.2) is 11.5 Å². The molecule has 98 valence electrons. The number of nitrogens with two attached hydrogens (primary N) is 1. The van der Waals surface area contributed by atoms with E-state index in [0.717, 1.165) is 6.54 Å². The molecule has 19 heavy (non-hydrogen) atoms. The van der Waals surface area contributed by atoms with E-state index in [9.17, 15) is 0 Å². The van der Waals surface area contributed by atoms with Crippen molar-refractivity contribution in [1.82, 2.24) is 4.98 Å². The second-order valence-electron chi connectivity index (χ2n) is 5.00. The second kappa shape index (κ2) is 5.41. The lowest BCUT2D eigenvalue weighted by Crippen LogP contribution is -2.22. The Labute approximate surface area is 114 Å². The minimum absolute atomic E-state index is 0.478. The topological polar surface area (TPSA) is 42.1 Å². The summed E-state index contributed by atoms with van der Waals surface area (Å²) in [6.07, 6.45) is 6.21. The van der Waals surface area contributed by atoms with E-state index in [4.69, 9.17) is 5.73 Å². The first-order valence-corrected chi connectivity index (χ1v) is 6.84. The summed E-state index contributed by atoms with van der Waals surface area (Å²) < 4.78 is 0. The second-order valence-corrected chi connectivity index (χ2v) is 5.00. The van der Waals surface area contributed by atoms with Gasteiger partial charge in [-0.15, -0.1) is 0 Å². The molecule has 1 aliphatic rings. The van der Waals surface area contributed by atoms with E-state index in [2.05, 4.69) is 46.3 Å². The smallest absolute Gasteiger partial charge is 0.0544 e. The first-order chi connectivity index (χ1) is 9.38. The predicted molar refractivity (Wildman–Crippen MR) is 77.9 cm³/mol. The molecule has 2 N–H and O–H groups in total. The Morgan fingerprint density at radius 3 is 2.53 bits per heavy atom. The molecule has 3 heteroatoms. The Bertz CT molecular complexity index is 521. The van der Waals surface area contributed by atoms with E-state index in [-0.39, 0.29) is 0 Å². The minimum atomic E-state index is 0.478. The van der Waals surface area contributed by atoms with Gasteiger partial charge in [0.1, 0.15) is 0 Å². The van der Waals surface area contributed by atoms with E-state index < -0.39 is 0 Å². The number of hydrogen-bond donors (Lipinski definition) is 1. The van der Waals surface area contributed by atoms with E-state index in [1.54, 1.807) is 0 Å². The van der Waals surface area contributed by atoms with Gasteiger partial charge in [0, 0.05) is 31.2 Å². The highest BCUT2D eigenvalue weighted by atomic mass is 15.2. The van der Waals surface area contributed by atoms with Crippen LogP contribution in [0.15, 0.2) is 48.8 Å². The molecule has 0 bridgehead atoms. The van der Waals surface area contributed by atoms with Crippen LogP contribution in [0.4, 0.5) is 5.69 Å². The fraction of sp³-hybridized carbons (Fsp3) is 0.312. The third kappa shape index (κ3) is 2.47. The van der Waals surface area contributed by atoms with Crippen LogP contribution in [0, 0.1) is 0 Å². The highest BCUT2D eigenvalue weighted by Crippen LogP contribution is 2.35. The molecule has 2 aromatic rings. The molecule has 1 atom stereocenters. The lowest BCUT2D eigenvalue weighted by Gasteiger charge is -2.27. The van der Waals surface area contributed by atoms with Crippen molar-refractivity contribution in [2.75, 3.05) is 11.4 Å². The molecule has 0 amide bonds. The van der Waals surface area contributed by atoms with Gasteiger partial charge in [0.25, 0.3) is 0 Å². The van der Waals surface area contributed by atoms with Gasteiger partial charge < -0.3 is 10.6 Å². The van der Waals surface area contributed by atoms with Crippen LogP contribution in [-0.2, 0) is 6.54 Å². The van der Waals surface area contributed by atoms with Gasteiger partial charge in [-0.1, -0.05) is 12.1 Å². The molecule has 3 rings (SSSR count). The number of benzene rings is 1. The van der Waals surface area contributed by atoms with Crippen LogP contribution in [0.2, 0.25) is 0 Å². The SMILES string of the molecule is NCc1ccc(N2CCCC2c2ccncc2)cc1. The van der Waals surface area contributed by atoms with Crippen molar-refractivity contribution >= 4 is 5.69 Å². The summed E-state index contributed by atoms with van der Waals surface area (Å²) in [6, 6.07) is 13.3. The molecule has 0 aliphatic carbocycles. The van der Waals surface area contributed by atoms with Crippen LogP contribution in [0.1, 0.15) is 30.0 Å². The van der Waals surface area contributed by atoms with Crippen molar-refractivity contribution in [3.8, 4) is 0 Å². The molecule has 0 spiro atoms. The molecule has 0 saturated carbocycles. The van der Waals surface area contributed by atoms with Crippen LogP contribution >= 0.6 is 0 Å². The van der Waals surface area contributed by atoms with Gasteiger partial charge in [-0.05, 0) is 48.2 Å². The normalized spacial score (nSPS) is 18.8.